The fourth-order valence-electron chi connectivity index (χ4n) is 2.48. The minimum absolute atomic E-state index is 0.178. The first-order chi connectivity index (χ1) is 10.6. The highest BCUT2D eigenvalue weighted by molar-refractivity contribution is 5.97. The molecule has 22 heavy (non-hydrogen) atoms. The number of aryl methyl sites for hydroxylation is 1. The fourth-order valence-corrected chi connectivity index (χ4v) is 2.48. The summed E-state index contributed by atoms with van der Waals surface area (Å²) in [6.45, 7) is 2.15. The van der Waals surface area contributed by atoms with E-state index in [1.165, 1.54) is 0 Å². The summed E-state index contributed by atoms with van der Waals surface area (Å²) in [6.07, 6.45) is -0.715. The van der Waals surface area contributed by atoms with Gasteiger partial charge in [-0.2, -0.15) is 0 Å². The van der Waals surface area contributed by atoms with E-state index in [9.17, 15) is 9.90 Å². The van der Waals surface area contributed by atoms with Crippen LogP contribution >= 0.6 is 0 Å². The maximum absolute atomic E-state index is 12.2. The second-order valence-corrected chi connectivity index (χ2v) is 5.41. The summed E-state index contributed by atoms with van der Waals surface area (Å²) in [4.78, 5) is 15.2. The Balaban J connectivity index is 1.66. The maximum atomic E-state index is 12.2. The van der Waals surface area contributed by atoms with Crippen molar-refractivity contribution >= 4 is 16.8 Å². The fraction of sp³-hybridized carbons (Fsp3) is 0.167. The number of aliphatic hydroxyl groups is 1. The van der Waals surface area contributed by atoms with Crippen molar-refractivity contribution in [2.24, 2.45) is 0 Å². The summed E-state index contributed by atoms with van der Waals surface area (Å²) in [5, 5.41) is 13.9. The zero-order valence-corrected chi connectivity index (χ0v) is 12.3. The molecule has 1 aromatic heterocycles. The van der Waals surface area contributed by atoms with E-state index >= 15 is 0 Å². The summed E-state index contributed by atoms with van der Waals surface area (Å²) < 4.78 is 0. The molecule has 1 atom stereocenters. The Morgan fingerprint density at radius 3 is 2.77 bits per heavy atom. The molecule has 0 spiro atoms. The van der Waals surface area contributed by atoms with Gasteiger partial charge in [-0.15, -0.1) is 0 Å². The highest BCUT2D eigenvalue weighted by Crippen LogP contribution is 2.16. The van der Waals surface area contributed by atoms with Gasteiger partial charge >= 0.3 is 0 Å². The molecule has 2 aromatic carbocycles. The first-order valence-electron chi connectivity index (χ1n) is 7.24. The van der Waals surface area contributed by atoms with Crippen LogP contribution in [0.3, 0.4) is 0 Å². The van der Waals surface area contributed by atoms with E-state index in [-0.39, 0.29) is 12.5 Å². The van der Waals surface area contributed by atoms with Crippen LogP contribution in [0.15, 0.2) is 54.6 Å². The lowest BCUT2D eigenvalue weighted by Gasteiger charge is -2.12. The predicted octanol–water partition coefficient (Wildman–Crippen LogP) is 2.94. The molecule has 0 saturated heterocycles. The Hall–Kier alpha value is -2.59. The lowest BCUT2D eigenvalue weighted by molar-refractivity contribution is 0.0912. The summed E-state index contributed by atoms with van der Waals surface area (Å²) in [7, 11) is 0. The zero-order valence-electron chi connectivity index (χ0n) is 12.3. The first-order valence-corrected chi connectivity index (χ1v) is 7.24. The summed E-state index contributed by atoms with van der Waals surface area (Å²) in [5.74, 6) is -0.220. The van der Waals surface area contributed by atoms with Crippen molar-refractivity contribution in [3.05, 3.63) is 71.4 Å². The molecule has 0 radical (unpaired) electrons. The number of aliphatic hydroxyl groups excluding tert-OH is 1. The molecule has 112 valence electrons. The van der Waals surface area contributed by atoms with Gasteiger partial charge in [-0.25, -0.2) is 0 Å². The van der Waals surface area contributed by atoms with Gasteiger partial charge < -0.3 is 15.4 Å². The van der Waals surface area contributed by atoms with Gasteiger partial charge in [0.25, 0.3) is 5.91 Å². The number of hydrogen-bond acceptors (Lipinski definition) is 2. The summed E-state index contributed by atoms with van der Waals surface area (Å²) in [6, 6.07) is 17.2. The van der Waals surface area contributed by atoms with Gasteiger partial charge in [-0.05, 0) is 24.6 Å². The van der Waals surface area contributed by atoms with E-state index in [4.69, 9.17) is 0 Å². The van der Waals surface area contributed by atoms with Crippen molar-refractivity contribution in [2.75, 3.05) is 6.54 Å². The third-order valence-electron chi connectivity index (χ3n) is 3.66. The molecule has 0 bridgehead atoms. The number of carbonyl (C=O) groups is 1. The van der Waals surface area contributed by atoms with Crippen LogP contribution < -0.4 is 5.32 Å². The van der Waals surface area contributed by atoms with E-state index in [0.717, 1.165) is 22.0 Å². The standard InChI is InChI=1S/C18H18N2O2/c1-12-5-4-7-14(9-12)17(21)11-19-18(22)16-10-13-6-2-3-8-15(13)20-16/h2-10,17,20-21H,11H2,1H3,(H,19,22). The SMILES string of the molecule is Cc1cccc(C(O)CNC(=O)c2cc3ccccc3[nH]2)c1. The van der Waals surface area contributed by atoms with Crippen LogP contribution in [-0.4, -0.2) is 22.5 Å². The number of benzene rings is 2. The molecule has 1 amide bonds. The van der Waals surface area contributed by atoms with Gasteiger partial charge in [0.2, 0.25) is 0 Å². The van der Waals surface area contributed by atoms with Crippen LogP contribution in [0.5, 0.6) is 0 Å². The van der Waals surface area contributed by atoms with Gasteiger partial charge in [-0.3, -0.25) is 4.79 Å². The van der Waals surface area contributed by atoms with Crippen LogP contribution in [0.25, 0.3) is 10.9 Å². The lowest BCUT2D eigenvalue weighted by atomic mass is 10.1. The third kappa shape index (κ3) is 3.02. The van der Waals surface area contributed by atoms with E-state index in [1.807, 2.05) is 61.5 Å². The second-order valence-electron chi connectivity index (χ2n) is 5.41. The molecule has 4 nitrogen and oxygen atoms in total. The first kappa shape index (κ1) is 14.4. The molecular formula is C18H18N2O2. The van der Waals surface area contributed by atoms with Crippen LogP contribution in [0.4, 0.5) is 0 Å². The average molecular weight is 294 g/mol. The number of amides is 1. The van der Waals surface area contributed by atoms with Crippen molar-refractivity contribution in [2.45, 2.75) is 13.0 Å². The molecule has 3 N–H and O–H groups in total. The van der Waals surface area contributed by atoms with Gasteiger partial charge in [-0.1, -0.05) is 48.0 Å². The maximum Gasteiger partial charge on any atom is 0.267 e. The zero-order chi connectivity index (χ0) is 15.5. The van der Waals surface area contributed by atoms with E-state index in [2.05, 4.69) is 10.3 Å². The van der Waals surface area contributed by atoms with Crippen LogP contribution in [0, 0.1) is 6.92 Å². The molecular weight excluding hydrogens is 276 g/mol. The summed E-state index contributed by atoms with van der Waals surface area (Å²) in [5.41, 5.74) is 3.31. The molecule has 4 heteroatoms. The number of para-hydroxylation sites is 1. The molecule has 0 aliphatic heterocycles. The number of aromatic nitrogens is 1. The lowest BCUT2D eigenvalue weighted by Crippen LogP contribution is -2.28. The Morgan fingerprint density at radius 1 is 1.18 bits per heavy atom. The largest absolute Gasteiger partial charge is 0.387 e. The van der Waals surface area contributed by atoms with E-state index < -0.39 is 6.10 Å². The average Bonchev–Trinajstić information content (AvgIpc) is 2.96. The Labute approximate surface area is 128 Å². The monoisotopic (exact) mass is 294 g/mol. The highest BCUT2D eigenvalue weighted by atomic mass is 16.3. The quantitative estimate of drug-likeness (QED) is 0.692. The van der Waals surface area contributed by atoms with Gasteiger partial charge in [0.05, 0.1) is 6.10 Å². The molecule has 0 fully saturated rings. The molecule has 0 aliphatic rings. The molecule has 1 heterocycles. The van der Waals surface area contributed by atoms with E-state index in [1.54, 1.807) is 0 Å². The van der Waals surface area contributed by atoms with Crippen molar-refractivity contribution in [3.8, 4) is 0 Å². The van der Waals surface area contributed by atoms with E-state index in [0.29, 0.717) is 5.69 Å². The highest BCUT2D eigenvalue weighted by Gasteiger charge is 2.12. The number of H-pyrrole nitrogens is 1. The van der Waals surface area contributed by atoms with Crippen molar-refractivity contribution in [1.82, 2.24) is 10.3 Å². The number of aromatic amines is 1. The Kier molecular flexibility index (Phi) is 3.94. The topological polar surface area (TPSA) is 65.1 Å². The van der Waals surface area contributed by atoms with Crippen LogP contribution in [-0.2, 0) is 0 Å². The molecule has 0 aliphatic carbocycles. The minimum Gasteiger partial charge on any atom is -0.387 e. The smallest absolute Gasteiger partial charge is 0.267 e. The molecule has 1 unspecified atom stereocenters. The molecule has 3 rings (SSSR count). The van der Waals surface area contributed by atoms with Crippen molar-refractivity contribution in [3.63, 3.8) is 0 Å². The number of fused-ring (bicyclic) bond motifs is 1. The minimum atomic E-state index is -0.715. The second kappa shape index (κ2) is 6.03. The van der Waals surface area contributed by atoms with Crippen molar-refractivity contribution < 1.29 is 9.90 Å². The van der Waals surface area contributed by atoms with Gasteiger partial charge in [0, 0.05) is 17.4 Å². The Morgan fingerprint density at radius 2 is 2.00 bits per heavy atom. The number of hydrogen-bond donors (Lipinski definition) is 3. The van der Waals surface area contributed by atoms with Gasteiger partial charge in [0.15, 0.2) is 0 Å². The molecule has 3 aromatic rings. The summed E-state index contributed by atoms with van der Waals surface area (Å²) >= 11 is 0. The number of nitrogens with one attached hydrogen (secondary N) is 2. The number of rotatable bonds is 4. The molecule has 0 saturated carbocycles. The third-order valence-corrected chi connectivity index (χ3v) is 3.66. The van der Waals surface area contributed by atoms with Crippen LogP contribution in [0.2, 0.25) is 0 Å². The normalized spacial score (nSPS) is 12.3. The van der Waals surface area contributed by atoms with Gasteiger partial charge in [0.1, 0.15) is 5.69 Å². The van der Waals surface area contributed by atoms with Crippen molar-refractivity contribution in [1.29, 1.82) is 0 Å². The Bertz CT molecular complexity index is 774. The number of carbonyl (C=O) groups excluding carboxylic acids is 1. The predicted molar refractivity (Wildman–Crippen MR) is 86.8 cm³/mol. The van der Waals surface area contributed by atoms with Crippen LogP contribution in [0.1, 0.15) is 27.7 Å².